The molecule has 2 nitrogen and oxygen atoms in total. The van der Waals surface area contributed by atoms with Gasteiger partial charge in [0.05, 0.1) is 5.69 Å². The first-order valence-electron chi connectivity index (χ1n) is 3.09. The third-order valence-electron chi connectivity index (χ3n) is 1.22. The summed E-state index contributed by atoms with van der Waals surface area (Å²) < 4.78 is 12.7. The van der Waals surface area contributed by atoms with Gasteiger partial charge in [0.15, 0.2) is 6.17 Å². The number of aromatic nitrogens is 1. The molecule has 0 saturated heterocycles. The smallest absolute Gasteiger partial charge is 0.154 e. The Hall–Kier alpha value is -0.960. The number of halogens is 1. The molecule has 3 heteroatoms. The van der Waals surface area contributed by atoms with E-state index in [1.807, 2.05) is 0 Å². The van der Waals surface area contributed by atoms with E-state index in [-0.39, 0.29) is 6.54 Å². The lowest BCUT2D eigenvalue weighted by Crippen LogP contribution is -2.08. The predicted octanol–water partition coefficient (Wildman–Crippen LogP) is 1.05. The van der Waals surface area contributed by atoms with Crippen molar-refractivity contribution in [2.24, 2.45) is 5.73 Å². The van der Waals surface area contributed by atoms with Gasteiger partial charge in [-0.05, 0) is 12.1 Å². The van der Waals surface area contributed by atoms with Gasteiger partial charge in [0.25, 0.3) is 0 Å². The van der Waals surface area contributed by atoms with E-state index < -0.39 is 6.17 Å². The molecule has 1 aromatic heterocycles. The highest BCUT2D eigenvalue weighted by Crippen LogP contribution is 2.10. The van der Waals surface area contributed by atoms with Gasteiger partial charge in [0.1, 0.15) is 0 Å². The lowest BCUT2D eigenvalue weighted by Gasteiger charge is -2.01. The normalized spacial score (nSPS) is 13.0. The SMILES string of the molecule is NC[C@H](F)c1ccccn1. The van der Waals surface area contributed by atoms with E-state index in [1.165, 1.54) is 0 Å². The van der Waals surface area contributed by atoms with E-state index in [0.29, 0.717) is 5.69 Å². The molecule has 0 saturated carbocycles. The zero-order chi connectivity index (χ0) is 7.40. The minimum absolute atomic E-state index is 0.00296. The van der Waals surface area contributed by atoms with E-state index >= 15 is 0 Å². The van der Waals surface area contributed by atoms with Crippen LogP contribution in [0.1, 0.15) is 11.9 Å². The largest absolute Gasteiger partial charge is 0.327 e. The van der Waals surface area contributed by atoms with Gasteiger partial charge in [-0.3, -0.25) is 4.98 Å². The quantitative estimate of drug-likeness (QED) is 0.666. The van der Waals surface area contributed by atoms with Crippen molar-refractivity contribution in [3.8, 4) is 0 Å². The van der Waals surface area contributed by atoms with Gasteiger partial charge in [-0.1, -0.05) is 6.07 Å². The number of nitrogens with two attached hydrogens (primary N) is 1. The monoisotopic (exact) mass is 140 g/mol. The molecule has 0 aromatic carbocycles. The standard InChI is InChI=1S/C7H9FN2/c8-6(5-9)7-3-1-2-4-10-7/h1-4,6H,5,9H2/t6-/m0/s1. The van der Waals surface area contributed by atoms with Gasteiger partial charge in [-0.15, -0.1) is 0 Å². The number of rotatable bonds is 2. The van der Waals surface area contributed by atoms with E-state index in [9.17, 15) is 4.39 Å². The van der Waals surface area contributed by atoms with Crippen molar-refractivity contribution in [3.05, 3.63) is 30.1 Å². The first-order valence-corrected chi connectivity index (χ1v) is 3.09. The summed E-state index contributed by atoms with van der Waals surface area (Å²) >= 11 is 0. The Morgan fingerprint density at radius 2 is 2.40 bits per heavy atom. The molecular formula is C7H9FN2. The molecule has 0 amide bonds. The molecule has 0 radical (unpaired) electrons. The van der Waals surface area contributed by atoms with Gasteiger partial charge in [-0.2, -0.15) is 0 Å². The topological polar surface area (TPSA) is 38.9 Å². The van der Waals surface area contributed by atoms with Crippen LogP contribution >= 0.6 is 0 Å². The van der Waals surface area contributed by atoms with Crippen LogP contribution in [-0.2, 0) is 0 Å². The number of hydrogen-bond donors (Lipinski definition) is 1. The molecule has 0 aliphatic carbocycles. The van der Waals surface area contributed by atoms with E-state index in [2.05, 4.69) is 4.98 Å². The van der Waals surface area contributed by atoms with Gasteiger partial charge in [-0.25, -0.2) is 4.39 Å². The Labute approximate surface area is 58.9 Å². The van der Waals surface area contributed by atoms with Crippen LogP contribution in [0.5, 0.6) is 0 Å². The van der Waals surface area contributed by atoms with Gasteiger partial charge in [0.2, 0.25) is 0 Å². The molecule has 1 heterocycles. The van der Waals surface area contributed by atoms with Gasteiger partial charge >= 0.3 is 0 Å². The number of alkyl halides is 1. The maximum absolute atomic E-state index is 12.7. The molecule has 0 fully saturated rings. The Morgan fingerprint density at radius 3 is 2.90 bits per heavy atom. The minimum Gasteiger partial charge on any atom is -0.327 e. The summed E-state index contributed by atoms with van der Waals surface area (Å²) in [5.74, 6) is 0. The highest BCUT2D eigenvalue weighted by Gasteiger charge is 2.05. The van der Waals surface area contributed by atoms with E-state index in [1.54, 1.807) is 24.4 Å². The lowest BCUT2D eigenvalue weighted by atomic mass is 10.2. The van der Waals surface area contributed by atoms with Crippen LogP contribution in [0.15, 0.2) is 24.4 Å². The molecule has 0 aliphatic rings. The Balaban J connectivity index is 2.75. The summed E-state index contributed by atoms with van der Waals surface area (Å²) in [6.45, 7) is -0.00296. The second-order valence-electron chi connectivity index (χ2n) is 1.96. The maximum Gasteiger partial charge on any atom is 0.154 e. The van der Waals surface area contributed by atoms with Crippen molar-refractivity contribution >= 4 is 0 Å². The van der Waals surface area contributed by atoms with Crippen LogP contribution in [-0.4, -0.2) is 11.5 Å². The average Bonchev–Trinajstić information content (AvgIpc) is 2.05. The van der Waals surface area contributed by atoms with Crippen LogP contribution < -0.4 is 5.73 Å². The lowest BCUT2D eigenvalue weighted by molar-refractivity contribution is 0.345. The van der Waals surface area contributed by atoms with Gasteiger partial charge in [0, 0.05) is 12.7 Å². The molecule has 0 aliphatic heterocycles. The van der Waals surface area contributed by atoms with Gasteiger partial charge < -0.3 is 5.73 Å². The van der Waals surface area contributed by atoms with E-state index in [4.69, 9.17) is 5.73 Å². The molecule has 0 unspecified atom stereocenters. The summed E-state index contributed by atoms with van der Waals surface area (Å²) in [5, 5.41) is 0. The van der Waals surface area contributed by atoms with Crippen LogP contribution in [0.4, 0.5) is 4.39 Å². The summed E-state index contributed by atoms with van der Waals surface area (Å²) in [7, 11) is 0. The molecular weight excluding hydrogens is 131 g/mol. The molecule has 1 atom stereocenters. The fourth-order valence-electron chi connectivity index (χ4n) is 0.682. The van der Waals surface area contributed by atoms with Crippen LogP contribution in [0.2, 0.25) is 0 Å². The second-order valence-corrected chi connectivity index (χ2v) is 1.96. The third-order valence-corrected chi connectivity index (χ3v) is 1.22. The number of pyridine rings is 1. The molecule has 2 N–H and O–H groups in total. The molecule has 1 rings (SSSR count). The van der Waals surface area contributed by atoms with Crippen molar-refractivity contribution in [2.75, 3.05) is 6.54 Å². The second kappa shape index (κ2) is 3.27. The van der Waals surface area contributed by atoms with Crippen molar-refractivity contribution in [1.82, 2.24) is 4.98 Å². The Kier molecular flexibility index (Phi) is 2.34. The molecule has 1 aromatic rings. The highest BCUT2D eigenvalue weighted by molar-refractivity contribution is 5.06. The molecule has 0 bridgehead atoms. The fourth-order valence-corrected chi connectivity index (χ4v) is 0.682. The first kappa shape index (κ1) is 7.15. The van der Waals surface area contributed by atoms with Crippen molar-refractivity contribution in [3.63, 3.8) is 0 Å². The zero-order valence-corrected chi connectivity index (χ0v) is 5.50. The number of nitrogens with zero attached hydrogens (tertiary/aromatic N) is 1. The molecule has 10 heavy (non-hydrogen) atoms. The maximum atomic E-state index is 12.7. The van der Waals surface area contributed by atoms with Crippen LogP contribution in [0, 0.1) is 0 Å². The highest BCUT2D eigenvalue weighted by atomic mass is 19.1. The Bertz CT molecular complexity index is 188. The van der Waals surface area contributed by atoms with Crippen molar-refractivity contribution in [1.29, 1.82) is 0 Å². The molecule has 54 valence electrons. The summed E-state index contributed by atoms with van der Waals surface area (Å²) in [5.41, 5.74) is 5.50. The third kappa shape index (κ3) is 1.51. The average molecular weight is 140 g/mol. The predicted molar refractivity (Wildman–Crippen MR) is 37.1 cm³/mol. The van der Waals surface area contributed by atoms with Crippen molar-refractivity contribution in [2.45, 2.75) is 6.17 Å². The first-order chi connectivity index (χ1) is 4.84. The van der Waals surface area contributed by atoms with Crippen LogP contribution in [0.3, 0.4) is 0 Å². The van der Waals surface area contributed by atoms with E-state index in [0.717, 1.165) is 0 Å². The zero-order valence-electron chi connectivity index (χ0n) is 5.50. The van der Waals surface area contributed by atoms with Crippen molar-refractivity contribution < 1.29 is 4.39 Å². The molecule has 0 spiro atoms. The van der Waals surface area contributed by atoms with Crippen LogP contribution in [0.25, 0.3) is 0 Å². The Morgan fingerprint density at radius 1 is 1.60 bits per heavy atom. The summed E-state index contributed by atoms with van der Waals surface area (Å²) in [6.07, 6.45) is 0.429. The summed E-state index contributed by atoms with van der Waals surface area (Å²) in [6, 6.07) is 5.11. The summed E-state index contributed by atoms with van der Waals surface area (Å²) in [4.78, 5) is 3.79. The number of hydrogen-bond acceptors (Lipinski definition) is 2. The fraction of sp³-hybridized carbons (Fsp3) is 0.286. The minimum atomic E-state index is -1.12.